The predicted molar refractivity (Wildman–Crippen MR) is 112 cm³/mol. The van der Waals surface area contributed by atoms with Crippen LogP contribution in [0.1, 0.15) is 52.9 Å². The molecule has 0 radical (unpaired) electrons. The van der Waals surface area contributed by atoms with Crippen molar-refractivity contribution in [1.29, 1.82) is 0 Å². The SMILES string of the molecule is CC(=O)[C@H]1CC[C@H]2[C@@H]3CCC4=CC(=O)C(F)=C(Br)[C@]4(C)[C@H]3[C@@H](OCOCO)C[C@]12C. The van der Waals surface area contributed by atoms with Gasteiger partial charge in [-0.05, 0) is 62.4 Å². The molecule has 5 nitrogen and oxygen atoms in total. The van der Waals surface area contributed by atoms with Crippen molar-refractivity contribution in [3.63, 3.8) is 0 Å². The Labute approximate surface area is 185 Å². The molecule has 0 unspecified atom stereocenters. The van der Waals surface area contributed by atoms with E-state index in [1.54, 1.807) is 6.92 Å². The van der Waals surface area contributed by atoms with E-state index in [4.69, 9.17) is 14.6 Å². The second kappa shape index (κ2) is 7.91. The zero-order valence-corrected chi connectivity index (χ0v) is 19.3. The van der Waals surface area contributed by atoms with Crippen LogP contribution in [0.4, 0.5) is 4.39 Å². The van der Waals surface area contributed by atoms with E-state index in [1.807, 2.05) is 6.92 Å². The molecule has 0 aromatic heterocycles. The van der Waals surface area contributed by atoms with Gasteiger partial charge < -0.3 is 14.6 Å². The zero-order chi connectivity index (χ0) is 21.8. The fourth-order valence-corrected chi connectivity index (χ4v) is 8.11. The van der Waals surface area contributed by atoms with Crippen molar-refractivity contribution < 1.29 is 28.6 Å². The second-order valence-corrected chi connectivity index (χ2v) is 10.6. The zero-order valence-electron chi connectivity index (χ0n) is 17.7. The van der Waals surface area contributed by atoms with E-state index < -0.39 is 23.8 Å². The van der Waals surface area contributed by atoms with Gasteiger partial charge in [-0.15, -0.1) is 0 Å². The monoisotopic (exact) mass is 484 g/mol. The molecule has 0 heterocycles. The van der Waals surface area contributed by atoms with Gasteiger partial charge in [-0.25, -0.2) is 4.39 Å². The Bertz CT molecular complexity index is 822. The van der Waals surface area contributed by atoms with Gasteiger partial charge in [-0.1, -0.05) is 35.4 Å². The molecular weight excluding hydrogens is 455 g/mol. The summed E-state index contributed by atoms with van der Waals surface area (Å²) in [5.41, 5.74) is 0.108. The molecule has 0 spiro atoms. The van der Waals surface area contributed by atoms with Gasteiger partial charge in [0.05, 0.1) is 6.10 Å². The third-order valence-corrected chi connectivity index (χ3v) is 9.80. The van der Waals surface area contributed by atoms with E-state index in [0.717, 1.165) is 31.3 Å². The van der Waals surface area contributed by atoms with Gasteiger partial charge >= 0.3 is 0 Å². The van der Waals surface area contributed by atoms with E-state index in [0.29, 0.717) is 16.8 Å². The molecule has 7 atom stereocenters. The predicted octanol–water partition coefficient (Wildman–Crippen LogP) is 4.44. The first-order valence-corrected chi connectivity index (χ1v) is 11.6. The second-order valence-electron chi connectivity index (χ2n) is 9.81. The highest BCUT2D eigenvalue weighted by Gasteiger charge is 2.64. The fraction of sp³-hybridized carbons (Fsp3) is 0.739. The maximum Gasteiger partial charge on any atom is 0.215 e. The summed E-state index contributed by atoms with van der Waals surface area (Å²) in [5.74, 6) is -0.515. The van der Waals surface area contributed by atoms with E-state index in [2.05, 4.69) is 22.9 Å². The average molecular weight is 485 g/mol. The van der Waals surface area contributed by atoms with Crippen molar-refractivity contribution in [3.05, 3.63) is 22.0 Å². The largest absolute Gasteiger partial charge is 0.371 e. The van der Waals surface area contributed by atoms with Gasteiger partial charge in [0, 0.05) is 21.7 Å². The molecule has 3 fully saturated rings. The first-order valence-electron chi connectivity index (χ1n) is 10.8. The van der Waals surface area contributed by atoms with Crippen LogP contribution in [0, 0.1) is 34.5 Å². The topological polar surface area (TPSA) is 72.8 Å². The number of rotatable bonds is 5. The van der Waals surface area contributed by atoms with Gasteiger partial charge in [-0.2, -0.15) is 0 Å². The maximum absolute atomic E-state index is 14.8. The standard InChI is InChI=1S/C23H30BrFO5/c1-12(27)15-6-7-16-14-5-4-13-8-17(28)20(25)21(24)23(13,3)19(14)18(9-22(15,16)2)30-11-29-10-26/h8,14-16,18-19,26H,4-7,9-11H2,1-3H3/t14-,15+,16-,18-,19+,22+,23-/m0/s1. The van der Waals surface area contributed by atoms with E-state index >= 15 is 0 Å². The van der Waals surface area contributed by atoms with E-state index in [-0.39, 0.29) is 41.8 Å². The minimum atomic E-state index is -0.728. The number of hydrogen-bond donors (Lipinski definition) is 1. The number of allylic oxidation sites excluding steroid dienone is 4. The van der Waals surface area contributed by atoms with Crippen molar-refractivity contribution in [2.75, 3.05) is 13.6 Å². The molecule has 0 aromatic rings. The van der Waals surface area contributed by atoms with Crippen LogP contribution in [0.25, 0.3) is 0 Å². The Kier molecular flexibility index (Phi) is 5.88. The average Bonchev–Trinajstić information content (AvgIpc) is 3.04. The number of fused-ring (bicyclic) bond motifs is 5. The Morgan fingerprint density at radius 2 is 2.07 bits per heavy atom. The molecule has 3 saturated carbocycles. The van der Waals surface area contributed by atoms with Crippen LogP contribution in [0.5, 0.6) is 0 Å². The van der Waals surface area contributed by atoms with Gasteiger partial charge in [0.25, 0.3) is 0 Å². The van der Waals surface area contributed by atoms with Gasteiger partial charge in [0.2, 0.25) is 5.78 Å². The van der Waals surface area contributed by atoms with Crippen LogP contribution in [0.3, 0.4) is 0 Å². The third-order valence-electron chi connectivity index (χ3n) is 8.63. The number of carbonyl (C=O) groups is 2. The Hall–Kier alpha value is -0.890. The van der Waals surface area contributed by atoms with E-state index in [1.165, 1.54) is 6.08 Å². The summed E-state index contributed by atoms with van der Waals surface area (Å²) in [4.78, 5) is 24.6. The number of ether oxygens (including phenoxy) is 2. The van der Waals surface area contributed by atoms with Crippen molar-refractivity contribution in [2.45, 2.75) is 59.0 Å². The molecule has 0 saturated heterocycles. The Morgan fingerprint density at radius 3 is 2.73 bits per heavy atom. The van der Waals surface area contributed by atoms with Crippen LogP contribution in [-0.2, 0) is 19.1 Å². The molecule has 7 heteroatoms. The third kappa shape index (κ3) is 3.11. The normalized spacial score (nSPS) is 43.1. The molecule has 0 bridgehead atoms. The quantitative estimate of drug-likeness (QED) is 0.461. The molecule has 0 aliphatic heterocycles. The minimum Gasteiger partial charge on any atom is -0.371 e. The molecule has 0 aromatic carbocycles. The smallest absolute Gasteiger partial charge is 0.215 e. The van der Waals surface area contributed by atoms with Crippen molar-refractivity contribution >= 4 is 27.5 Å². The molecule has 0 amide bonds. The summed E-state index contributed by atoms with van der Waals surface area (Å²) in [5, 5.41) is 9.03. The molecule has 4 aliphatic carbocycles. The Balaban J connectivity index is 1.78. The summed E-state index contributed by atoms with van der Waals surface area (Å²) in [7, 11) is 0. The molecule has 30 heavy (non-hydrogen) atoms. The summed E-state index contributed by atoms with van der Waals surface area (Å²) in [6.07, 6.45) is 5.37. The first-order chi connectivity index (χ1) is 14.2. The van der Waals surface area contributed by atoms with Gasteiger partial charge in [0.15, 0.2) is 5.83 Å². The summed E-state index contributed by atoms with van der Waals surface area (Å²) >= 11 is 3.45. The van der Waals surface area contributed by atoms with E-state index in [9.17, 15) is 14.0 Å². The molecule has 4 aliphatic rings. The van der Waals surface area contributed by atoms with Gasteiger partial charge in [0.1, 0.15) is 19.4 Å². The molecule has 1 N–H and O–H groups in total. The minimum absolute atomic E-state index is 0.00158. The number of ketones is 2. The lowest BCUT2D eigenvalue weighted by Gasteiger charge is -2.60. The number of carbonyl (C=O) groups excluding carboxylic acids is 2. The summed E-state index contributed by atoms with van der Waals surface area (Å²) in [6.45, 7) is 5.40. The first kappa shape index (κ1) is 22.3. The molecule has 166 valence electrons. The number of halogens is 2. The highest BCUT2D eigenvalue weighted by molar-refractivity contribution is 9.11. The van der Waals surface area contributed by atoms with Crippen molar-refractivity contribution in [3.8, 4) is 0 Å². The lowest BCUT2D eigenvalue weighted by molar-refractivity contribution is -0.195. The molecular formula is C23H30BrFO5. The van der Waals surface area contributed by atoms with Crippen LogP contribution in [-0.4, -0.2) is 36.4 Å². The van der Waals surface area contributed by atoms with Gasteiger partial charge in [-0.3, -0.25) is 9.59 Å². The number of hydrogen-bond acceptors (Lipinski definition) is 5. The highest BCUT2D eigenvalue weighted by atomic mass is 79.9. The number of Topliss-reactive ketones (excluding diaryl/α,β-unsaturated/α-hetero) is 1. The van der Waals surface area contributed by atoms with Crippen LogP contribution in [0.15, 0.2) is 22.0 Å². The fourth-order valence-electron chi connectivity index (χ4n) is 7.39. The van der Waals surface area contributed by atoms with Crippen LogP contribution in [0.2, 0.25) is 0 Å². The van der Waals surface area contributed by atoms with Crippen molar-refractivity contribution in [1.82, 2.24) is 0 Å². The van der Waals surface area contributed by atoms with Crippen LogP contribution < -0.4 is 0 Å². The molecule has 4 rings (SSSR count). The lowest BCUT2D eigenvalue weighted by Crippen LogP contribution is -2.57. The lowest BCUT2D eigenvalue weighted by atomic mass is 9.46. The number of aliphatic hydroxyl groups excluding tert-OH is 1. The van der Waals surface area contributed by atoms with Crippen molar-refractivity contribution in [2.24, 2.45) is 34.5 Å². The summed E-state index contributed by atoms with van der Waals surface area (Å²) < 4.78 is 26.3. The maximum atomic E-state index is 14.8. The number of aliphatic hydroxyl groups is 1. The van der Waals surface area contributed by atoms with Crippen LogP contribution >= 0.6 is 15.9 Å². The summed E-state index contributed by atoms with van der Waals surface area (Å²) in [6, 6.07) is 0. The Morgan fingerprint density at radius 1 is 1.33 bits per heavy atom. The highest BCUT2D eigenvalue weighted by Crippen LogP contribution is 2.68.